The summed E-state index contributed by atoms with van der Waals surface area (Å²) in [5.74, 6) is 0.0320. The van der Waals surface area contributed by atoms with E-state index in [2.05, 4.69) is 10.3 Å². The highest BCUT2D eigenvalue weighted by Crippen LogP contribution is 2.12. The molecular weight excluding hydrogens is 335 g/mol. The van der Waals surface area contributed by atoms with Crippen molar-refractivity contribution in [3.8, 4) is 0 Å². The molecule has 5 nitrogen and oxygen atoms in total. The number of para-hydroxylation sites is 2. The molecule has 0 saturated heterocycles. The van der Waals surface area contributed by atoms with E-state index in [1.54, 1.807) is 6.33 Å². The monoisotopic (exact) mass is 360 g/mol. The van der Waals surface area contributed by atoms with Gasteiger partial charge in [0.15, 0.2) is 0 Å². The molecule has 1 aromatic heterocycles. The number of nitrogens with two attached hydrogens (primary N) is 1. The molecule has 1 heterocycles. The van der Waals surface area contributed by atoms with Gasteiger partial charge in [-0.1, -0.05) is 26.0 Å². The van der Waals surface area contributed by atoms with Crippen LogP contribution in [0.5, 0.6) is 0 Å². The molecule has 2 rings (SSSR count). The van der Waals surface area contributed by atoms with E-state index in [0.29, 0.717) is 19.5 Å². The molecule has 0 spiro atoms. The molecule has 1 amide bonds. The number of carbonyl (C=O) groups is 1. The predicted octanol–water partition coefficient (Wildman–Crippen LogP) is 2.90. The van der Waals surface area contributed by atoms with Gasteiger partial charge in [-0.25, -0.2) is 4.98 Å². The fraction of sp³-hybridized carbons (Fsp3) is 0.500. The summed E-state index contributed by atoms with van der Waals surface area (Å²) in [7, 11) is 0. The Morgan fingerprint density at radius 2 is 1.91 bits per heavy atom. The van der Waals surface area contributed by atoms with Crippen molar-refractivity contribution in [2.24, 2.45) is 5.73 Å². The van der Waals surface area contributed by atoms with Crippen molar-refractivity contribution in [2.75, 3.05) is 6.54 Å². The van der Waals surface area contributed by atoms with Gasteiger partial charge in [-0.05, 0) is 25.0 Å². The van der Waals surface area contributed by atoms with Crippen LogP contribution in [0, 0.1) is 0 Å². The van der Waals surface area contributed by atoms with Gasteiger partial charge in [0.05, 0.1) is 17.4 Å². The van der Waals surface area contributed by atoms with Gasteiger partial charge in [0, 0.05) is 25.0 Å². The Labute approximate surface area is 149 Å². The van der Waals surface area contributed by atoms with Crippen molar-refractivity contribution in [1.29, 1.82) is 0 Å². The molecule has 2 aromatic rings. The lowest BCUT2D eigenvalue weighted by atomic mass is 9.94. The normalized spacial score (nSPS) is 10.7. The fourth-order valence-electron chi connectivity index (χ4n) is 2.27. The third-order valence-electron chi connectivity index (χ3n) is 4.15. The van der Waals surface area contributed by atoms with Gasteiger partial charge < -0.3 is 15.6 Å². The van der Waals surface area contributed by atoms with E-state index in [1.165, 1.54) is 0 Å². The predicted molar refractivity (Wildman–Crippen MR) is 99.4 cm³/mol. The number of nitrogens with one attached hydrogen (secondary N) is 1. The Bertz CT molecular complexity index is 611. The molecule has 7 heteroatoms. The van der Waals surface area contributed by atoms with Crippen molar-refractivity contribution in [1.82, 2.24) is 14.9 Å². The number of benzene rings is 1. The summed E-state index contributed by atoms with van der Waals surface area (Å²) in [6.45, 7) is 5.26. The zero-order valence-electron chi connectivity index (χ0n) is 13.6. The van der Waals surface area contributed by atoms with Crippen molar-refractivity contribution >= 4 is 41.8 Å². The molecule has 3 N–H and O–H groups in total. The largest absolute Gasteiger partial charge is 0.354 e. The molecule has 0 unspecified atom stereocenters. The molecule has 0 aliphatic heterocycles. The van der Waals surface area contributed by atoms with Crippen molar-refractivity contribution in [2.45, 2.75) is 45.2 Å². The Morgan fingerprint density at radius 3 is 2.57 bits per heavy atom. The fourth-order valence-corrected chi connectivity index (χ4v) is 2.27. The molecule has 0 atom stereocenters. The van der Waals surface area contributed by atoms with Crippen LogP contribution in [0.1, 0.15) is 33.1 Å². The van der Waals surface area contributed by atoms with Gasteiger partial charge in [-0.3, -0.25) is 4.79 Å². The van der Waals surface area contributed by atoms with Crippen LogP contribution in [-0.2, 0) is 11.3 Å². The first-order chi connectivity index (χ1) is 10.1. The summed E-state index contributed by atoms with van der Waals surface area (Å²) >= 11 is 0. The number of hydrogen-bond acceptors (Lipinski definition) is 3. The molecule has 0 fully saturated rings. The molecule has 0 aliphatic rings. The Kier molecular flexibility index (Phi) is 9.20. The molecule has 0 saturated carbocycles. The number of aromatic nitrogens is 2. The SMILES string of the molecule is CCC(N)(CC)CNC(=O)CCn1cnc2ccccc21.Cl.Cl. The number of imidazole rings is 1. The molecular formula is C16H26Cl2N4O. The van der Waals surface area contributed by atoms with Crippen LogP contribution in [0.15, 0.2) is 30.6 Å². The Hall–Kier alpha value is -1.30. The quantitative estimate of drug-likeness (QED) is 0.796. The zero-order chi connectivity index (χ0) is 15.3. The van der Waals surface area contributed by atoms with E-state index in [1.807, 2.05) is 42.7 Å². The number of fused-ring (bicyclic) bond motifs is 1. The van der Waals surface area contributed by atoms with Crippen LogP contribution in [0.3, 0.4) is 0 Å². The topological polar surface area (TPSA) is 72.9 Å². The van der Waals surface area contributed by atoms with E-state index in [9.17, 15) is 4.79 Å². The second-order valence-electron chi connectivity index (χ2n) is 5.52. The summed E-state index contributed by atoms with van der Waals surface area (Å²) in [4.78, 5) is 16.3. The van der Waals surface area contributed by atoms with Gasteiger partial charge >= 0.3 is 0 Å². The number of carbonyl (C=O) groups excluding carboxylic acids is 1. The average Bonchev–Trinajstić information content (AvgIpc) is 2.94. The summed E-state index contributed by atoms with van der Waals surface area (Å²) in [6.07, 6.45) is 3.93. The van der Waals surface area contributed by atoms with Gasteiger partial charge in [0.25, 0.3) is 0 Å². The third kappa shape index (κ3) is 5.68. The smallest absolute Gasteiger partial charge is 0.221 e. The number of halogens is 2. The summed E-state index contributed by atoms with van der Waals surface area (Å²) in [5, 5.41) is 2.94. The van der Waals surface area contributed by atoms with Crippen LogP contribution in [0.2, 0.25) is 0 Å². The zero-order valence-corrected chi connectivity index (χ0v) is 15.3. The standard InChI is InChI=1S/C16H24N4O.2ClH/c1-3-16(17,4-2)11-18-15(21)9-10-20-12-19-13-7-5-6-8-14(13)20;;/h5-8,12H,3-4,9-11,17H2,1-2H3,(H,18,21);2*1H. The van der Waals surface area contributed by atoms with Gasteiger partial charge in [0.1, 0.15) is 0 Å². The second-order valence-corrected chi connectivity index (χ2v) is 5.52. The molecule has 0 aliphatic carbocycles. The van der Waals surface area contributed by atoms with Crippen LogP contribution in [0.4, 0.5) is 0 Å². The van der Waals surface area contributed by atoms with Gasteiger partial charge in [0.2, 0.25) is 5.91 Å². The number of amides is 1. The minimum atomic E-state index is -0.294. The number of hydrogen-bond donors (Lipinski definition) is 2. The Balaban J connectivity index is 0.00000242. The molecule has 1 aromatic carbocycles. The van der Waals surface area contributed by atoms with E-state index in [0.717, 1.165) is 23.9 Å². The summed E-state index contributed by atoms with van der Waals surface area (Å²) < 4.78 is 2.00. The maximum atomic E-state index is 12.0. The maximum Gasteiger partial charge on any atom is 0.221 e. The van der Waals surface area contributed by atoms with Crippen molar-refractivity contribution < 1.29 is 4.79 Å². The highest BCUT2D eigenvalue weighted by Gasteiger charge is 2.20. The van der Waals surface area contributed by atoms with E-state index < -0.39 is 0 Å². The van der Waals surface area contributed by atoms with Gasteiger partial charge in [-0.2, -0.15) is 0 Å². The average molecular weight is 361 g/mol. The highest BCUT2D eigenvalue weighted by atomic mass is 35.5. The first-order valence-electron chi connectivity index (χ1n) is 7.53. The second kappa shape index (κ2) is 9.75. The molecule has 0 bridgehead atoms. The van der Waals surface area contributed by atoms with Crippen LogP contribution in [0.25, 0.3) is 11.0 Å². The first-order valence-corrected chi connectivity index (χ1v) is 7.53. The van der Waals surface area contributed by atoms with Crippen molar-refractivity contribution in [3.05, 3.63) is 30.6 Å². The summed E-state index contributed by atoms with van der Waals surface area (Å²) in [5.41, 5.74) is 7.90. The molecule has 0 radical (unpaired) electrons. The molecule has 130 valence electrons. The lowest BCUT2D eigenvalue weighted by Crippen LogP contribution is -2.49. The van der Waals surface area contributed by atoms with Crippen LogP contribution in [-0.4, -0.2) is 27.5 Å². The van der Waals surface area contributed by atoms with Crippen molar-refractivity contribution in [3.63, 3.8) is 0 Å². The lowest BCUT2D eigenvalue weighted by molar-refractivity contribution is -0.121. The van der Waals surface area contributed by atoms with E-state index in [-0.39, 0.29) is 36.3 Å². The maximum absolute atomic E-state index is 12.0. The lowest BCUT2D eigenvalue weighted by Gasteiger charge is -2.26. The Morgan fingerprint density at radius 1 is 1.26 bits per heavy atom. The molecule has 23 heavy (non-hydrogen) atoms. The van der Waals surface area contributed by atoms with E-state index in [4.69, 9.17) is 5.73 Å². The number of aryl methyl sites for hydroxylation is 1. The van der Waals surface area contributed by atoms with Gasteiger partial charge in [-0.15, -0.1) is 24.8 Å². The van der Waals surface area contributed by atoms with Crippen LogP contribution >= 0.6 is 24.8 Å². The number of rotatable bonds is 7. The number of nitrogens with zero attached hydrogens (tertiary/aromatic N) is 2. The highest BCUT2D eigenvalue weighted by molar-refractivity contribution is 5.85. The third-order valence-corrected chi connectivity index (χ3v) is 4.15. The summed E-state index contributed by atoms with van der Waals surface area (Å²) in [6, 6.07) is 7.92. The van der Waals surface area contributed by atoms with E-state index >= 15 is 0 Å². The van der Waals surface area contributed by atoms with Crippen LogP contribution < -0.4 is 11.1 Å². The first kappa shape index (κ1) is 21.7. The minimum Gasteiger partial charge on any atom is -0.354 e. The minimum absolute atomic E-state index is 0.